The van der Waals surface area contributed by atoms with Crippen molar-refractivity contribution in [2.24, 2.45) is 5.92 Å². The minimum Gasteiger partial charge on any atom is -1.00 e. The van der Waals surface area contributed by atoms with Crippen molar-refractivity contribution in [3.8, 4) is 0 Å². The molecule has 0 fully saturated rings. The van der Waals surface area contributed by atoms with Gasteiger partial charge in [-0.1, -0.05) is 0 Å². The van der Waals surface area contributed by atoms with E-state index in [1.54, 1.807) is 28.8 Å². The third-order valence-corrected chi connectivity index (χ3v) is 10.1. The van der Waals surface area contributed by atoms with Crippen LogP contribution in [0.15, 0.2) is 62.5 Å². The van der Waals surface area contributed by atoms with Crippen LogP contribution in [0.25, 0.3) is 14.1 Å². The summed E-state index contributed by atoms with van der Waals surface area (Å²) in [6.45, 7) is 9.38. The molecule has 25 heavy (non-hydrogen) atoms. The summed E-state index contributed by atoms with van der Waals surface area (Å²) in [5.74, 6) is 0.668. The minimum atomic E-state index is -0.726. The molecular weight excluding hydrogens is 426 g/mol. The number of fused-ring (bicyclic) bond motifs is 3. The van der Waals surface area contributed by atoms with Crippen LogP contribution in [0.2, 0.25) is 0 Å². The van der Waals surface area contributed by atoms with E-state index in [0.29, 0.717) is 5.92 Å². The fourth-order valence-electron chi connectivity index (χ4n) is 3.94. The monoisotopic (exact) mass is 446 g/mol. The van der Waals surface area contributed by atoms with E-state index in [2.05, 4.69) is 70.2 Å². The van der Waals surface area contributed by atoms with Gasteiger partial charge in [0.25, 0.3) is 0 Å². The smallest absolute Gasteiger partial charge is 1.00 e. The molecule has 2 aromatic rings. The summed E-state index contributed by atoms with van der Waals surface area (Å²) in [5, 5.41) is 2.84. The van der Waals surface area contributed by atoms with Crippen LogP contribution >= 0.6 is 0 Å². The molecule has 0 heterocycles. The van der Waals surface area contributed by atoms with E-state index in [9.17, 15) is 0 Å². The maximum atomic E-state index is 2.53. The van der Waals surface area contributed by atoms with Crippen LogP contribution in [0, 0.1) is 5.92 Å². The van der Waals surface area contributed by atoms with Crippen molar-refractivity contribution < 1.29 is 48.0 Å². The number of rotatable bonds is 2. The maximum absolute atomic E-state index is 2.53. The van der Waals surface area contributed by atoms with Gasteiger partial charge in [-0.05, 0) is 0 Å². The third-order valence-electron chi connectivity index (χ3n) is 5.72. The second kappa shape index (κ2) is 7.95. The Hall–Kier alpha value is -0.617. The van der Waals surface area contributed by atoms with Crippen LogP contribution < -0.4 is 24.8 Å². The van der Waals surface area contributed by atoms with Crippen molar-refractivity contribution in [1.29, 1.82) is 0 Å². The first-order valence-corrected chi connectivity index (χ1v) is 10.9. The minimum absolute atomic E-state index is 0. The number of benzene rings is 2. The van der Waals surface area contributed by atoms with Gasteiger partial charge in [-0.25, -0.2) is 0 Å². The van der Waals surface area contributed by atoms with Crippen molar-refractivity contribution in [3.05, 3.63) is 73.6 Å². The molecule has 2 aliphatic rings. The van der Waals surface area contributed by atoms with Crippen LogP contribution in [0.3, 0.4) is 0 Å². The Balaban J connectivity index is 0.00000113. The van der Waals surface area contributed by atoms with Gasteiger partial charge < -0.3 is 24.8 Å². The number of hydrogen-bond donors (Lipinski definition) is 0. The van der Waals surface area contributed by atoms with Gasteiger partial charge in [0.1, 0.15) is 0 Å². The average Bonchev–Trinajstić information content (AvgIpc) is 3.07. The van der Waals surface area contributed by atoms with Gasteiger partial charge in [-0.15, -0.1) is 0 Å². The van der Waals surface area contributed by atoms with Crippen molar-refractivity contribution in [2.45, 2.75) is 34.1 Å². The van der Waals surface area contributed by atoms with Crippen molar-refractivity contribution in [1.82, 2.24) is 0 Å². The second-order valence-corrected chi connectivity index (χ2v) is 10.1. The maximum Gasteiger partial charge on any atom is -1.00 e. The normalized spacial score (nSPS) is 18.6. The fourth-order valence-corrected chi connectivity index (χ4v) is 8.18. The standard InChI is InChI=1S/C13H9.C9H13.2ClH.Zr/c1-2-6-12-10(4-1)8-9-11-5-3-7-13(11)12;1-6-5-7(2)9(4)8(6)3;;;/h1-4,6,8-9H,5H2;6H,1-4H3;2*1H;/q;;;;+2/p-2. The molecule has 0 saturated carbocycles. The van der Waals surface area contributed by atoms with Crippen molar-refractivity contribution >= 4 is 14.1 Å². The number of hydrogen-bond acceptors (Lipinski definition) is 0. The van der Waals surface area contributed by atoms with Gasteiger partial charge >= 0.3 is 151 Å². The largest absolute Gasteiger partial charge is 1.00 e. The summed E-state index contributed by atoms with van der Waals surface area (Å²) >= 11 is -0.726. The molecule has 0 bridgehead atoms. The molecule has 0 nitrogen and oxygen atoms in total. The van der Waals surface area contributed by atoms with Gasteiger partial charge in [0.2, 0.25) is 0 Å². The van der Waals surface area contributed by atoms with E-state index in [1.807, 2.05) is 0 Å². The average molecular weight is 449 g/mol. The Kier molecular flexibility index (Phi) is 6.58. The van der Waals surface area contributed by atoms with Gasteiger partial charge in [-0.3, -0.25) is 0 Å². The number of halogens is 2. The van der Waals surface area contributed by atoms with Gasteiger partial charge in [-0.2, -0.15) is 0 Å². The molecule has 1 unspecified atom stereocenters. The molecule has 0 saturated heterocycles. The molecule has 0 aliphatic heterocycles. The summed E-state index contributed by atoms with van der Waals surface area (Å²) in [5.41, 5.74) is 7.84. The van der Waals surface area contributed by atoms with E-state index in [4.69, 9.17) is 0 Å². The zero-order valence-electron chi connectivity index (χ0n) is 15.1. The molecule has 0 aromatic heterocycles. The van der Waals surface area contributed by atoms with Crippen LogP contribution in [-0.4, -0.2) is 0 Å². The van der Waals surface area contributed by atoms with Gasteiger partial charge in [0, 0.05) is 0 Å². The Morgan fingerprint density at radius 2 is 1.64 bits per heavy atom. The molecule has 0 radical (unpaired) electrons. The van der Waals surface area contributed by atoms with Crippen LogP contribution in [0.1, 0.15) is 38.8 Å². The SMILES string of the molecule is CC1=C(C)C(C)[C]([Zr+2][C]2=CCc3ccc4ccccc4c32)=C1C.[Cl-].[Cl-]. The predicted octanol–water partition coefficient (Wildman–Crippen LogP) is 0.0874. The van der Waals surface area contributed by atoms with Crippen LogP contribution in [-0.2, 0) is 29.7 Å². The van der Waals surface area contributed by atoms with Crippen LogP contribution in [0.4, 0.5) is 0 Å². The summed E-state index contributed by atoms with van der Waals surface area (Å²) in [7, 11) is 0. The van der Waals surface area contributed by atoms with Crippen LogP contribution in [0.5, 0.6) is 0 Å². The molecule has 2 aromatic carbocycles. The molecule has 0 spiro atoms. The molecule has 1 atom stereocenters. The van der Waals surface area contributed by atoms with E-state index in [-0.39, 0.29) is 24.8 Å². The summed E-state index contributed by atoms with van der Waals surface area (Å²) < 4.78 is 3.49. The van der Waals surface area contributed by atoms with Crippen molar-refractivity contribution in [3.63, 3.8) is 0 Å². The van der Waals surface area contributed by atoms with E-state index < -0.39 is 23.2 Å². The van der Waals surface area contributed by atoms with E-state index in [0.717, 1.165) is 6.42 Å². The Morgan fingerprint density at radius 1 is 0.920 bits per heavy atom. The Morgan fingerprint density at radius 3 is 2.32 bits per heavy atom. The molecular formula is C22H22Cl2Zr. The first kappa shape index (κ1) is 20.7. The zero-order chi connectivity index (χ0) is 16.1. The Labute approximate surface area is 174 Å². The zero-order valence-corrected chi connectivity index (χ0v) is 19.1. The first-order valence-electron chi connectivity index (χ1n) is 8.44. The fraction of sp³-hybridized carbons (Fsp3) is 0.273. The van der Waals surface area contributed by atoms with Gasteiger partial charge in [0.05, 0.1) is 0 Å². The molecule has 3 heteroatoms. The third kappa shape index (κ3) is 3.36. The summed E-state index contributed by atoms with van der Waals surface area (Å²) in [6.07, 6.45) is 3.65. The van der Waals surface area contributed by atoms with E-state index in [1.165, 1.54) is 16.3 Å². The second-order valence-electron chi connectivity index (χ2n) is 6.84. The molecule has 0 N–H and O–H groups in total. The number of allylic oxidation sites excluding steroid dienone is 5. The molecule has 2 aliphatic carbocycles. The quantitative estimate of drug-likeness (QED) is 0.611. The molecule has 0 amide bonds. The first-order chi connectivity index (χ1) is 11.1. The Bertz CT molecular complexity index is 919. The van der Waals surface area contributed by atoms with Gasteiger partial charge in [0.15, 0.2) is 0 Å². The molecule has 128 valence electrons. The summed E-state index contributed by atoms with van der Waals surface area (Å²) in [6, 6.07) is 13.5. The molecule has 4 rings (SSSR count). The topological polar surface area (TPSA) is 0 Å². The van der Waals surface area contributed by atoms with E-state index >= 15 is 0 Å². The van der Waals surface area contributed by atoms with Crippen molar-refractivity contribution in [2.75, 3.05) is 0 Å². The predicted molar refractivity (Wildman–Crippen MR) is 95.9 cm³/mol. The summed E-state index contributed by atoms with van der Waals surface area (Å²) in [4.78, 5) is 0.